The Morgan fingerprint density at radius 2 is 2.43 bits per heavy atom. The molecule has 6 nitrogen and oxygen atoms in total. The average molecular weight is 305 g/mol. The van der Waals surface area contributed by atoms with E-state index < -0.39 is 0 Å². The maximum Gasteiger partial charge on any atom is 0.318 e. The summed E-state index contributed by atoms with van der Waals surface area (Å²) in [6.45, 7) is 2.73. The lowest BCUT2D eigenvalue weighted by molar-refractivity contribution is 0.190. The highest BCUT2D eigenvalue weighted by Gasteiger charge is 2.31. The molecule has 0 bridgehead atoms. The summed E-state index contributed by atoms with van der Waals surface area (Å²) in [5, 5.41) is 13.0. The molecule has 0 radical (unpaired) electrons. The van der Waals surface area contributed by atoms with Crippen molar-refractivity contribution in [1.82, 2.24) is 25.0 Å². The average Bonchev–Trinajstić information content (AvgIpc) is 3.19. The third kappa shape index (κ3) is 2.78. The van der Waals surface area contributed by atoms with Gasteiger partial charge in [0.1, 0.15) is 6.33 Å². The number of carbonyl (C=O) groups is 1. The van der Waals surface area contributed by atoms with Crippen LogP contribution in [0.1, 0.15) is 42.6 Å². The Balaban J connectivity index is 1.69. The van der Waals surface area contributed by atoms with Gasteiger partial charge in [-0.15, -0.1) is 21.5 Å². The van der Waals surface area contributed by atoms with Crippen LogP contribution in [0.5, 0.6) is 0 Å². The minimum atomic E-state index is -0.158. The summed E-state index contributed by atoms with van der Waals surface area (Å²) in [7, 11) is 1.88. The Bertz CT molecular complexity index is 609. The summed E-state index contributed by atoms with van der Waals surface area (Å²) in [6, 6.07) is 4.16. The van der Waals surface area contributed by atoms with Crippen molar-refractivity contribution in [1.29, 1.82) is 0 Å². The van der Waals surface area contributed by atoms with Crippen molar-refractivity contribution in [2.24, 2.45) is 7.05 Å². The maximum atomic E-state index is 12.5. The first-order chi connectivity index (χ1) is 10.2. The van der Waals surface area contributed by atoms with Crippen molar-refractivity contribution in [2.75, 3.05) is 6.54 Å². The Labute approximate surface area is 127 Å². The van der Waals surface area contributed by atoms with E-state index >= 15 is 0 Å². The molecule has 0 unspecified atom stereocenters. The van der Waals surface area contributed by atoms with Gasteiger partial charge in [0.05, 0.1) is 12.1 Å². The van der Waals surface area contributed by atoms with Gasteiger partial charge in [-0.3, -0.25) is 0 Å². The number of urea groups is 1. The molecular formula is C14H19N5OS. The second-order valence-corrected chi connectivity index (χ2v) is 6.32. The molecule has 2 aromatic heterocycles. The van der Waals surface area contributed by atoms with Gasteiger partial charge in [-0.1, -0.05) is 6.07 Å². The smallest absolute Gasteiger partial charge is 0.318 e. The molecule has 7 heteroatoms. The first-order valence-electron chi connectivity index (χ1n) is 7.11. The second-order valence-electron chi connectivity index (χ2n) is 5.34. The lowest BCUT2D eigenvalue weighted by atomic mass is 10.2. The Morgan fingerprint density at radius 3 is 3.10 bits per heavy atom. The molecular weight excluding hydrogens is 286 g/mol. The molecule has 21 heavy (non-hydrogen) atoms. The standard InChI is InChI=1S/C14H19N5OS/c1-10(13-17-15-9-18(13)2)16-14(20)19-7-3-5-11(19)12-6-4-8-21-12/h4,6,8-11H,3,5,7H2,1-2H3,(H,16,20)/t10-,11-/m0/s1. The van der Waals surface area contributed by atoms with E-state index in [1.54, 1.807) is 17.7 Å². The van der Waals surface area contributed by atoms with E-state index in [-0.39, 0.29) is 18.1 Å². The topological polar surface area (TPSA) is 63.1 Å². The van der Waals surface area contributed by atoms with Crippen molar-refractivity contribution in [3.05, 3.63) is 34.5 Å². The summed E-state index contributed by atoms with van der Waals surface area (Å²) < 4.78 is 1.83. The summed E-state index contributed by atoms with van der Waals surface area (Å²) in [6.07, 6.45) is 3.73. The van der Waals surface area contributed by atoms with Crippen LogP contribution in [0.25, 0.3) is 0 Å². The second kappa shape index (κ2) is 5.85. The number of rotatable bonds is 3. The number of aromatic nitrogens is 3. The summed E-state index contributed by atoms with van der Waals surface area (Å²) in [4.78, 5) is 15.7. The molecule has 0 aliphatic carbocycles. The van der Waals surface area contributed by atoms with Crippen LogP contribution < -0.4 is 5.32 Å². The molecule has 1 saturated heterocycles. The molecule has 0 spiro atoms. The van der Waals surface area contributed by atoms with Gasteiger partial charge >= 0.3 is 6.03 Å². The Hall–Kier alpha value is -1.89. The van der Waals surface area contributed by atoms with Crippen molar-refractivity contribution in [2.45, 2.75) is 31.8 Å². The van der Waals surface area contributed by atoms with Crippen LogP contribution in [0.3, 0.4) is 0 Å². The van der Waals surface area contributed by atoms with Crippen molar-refractivity contribution >= 4 is 17.4 Å². The van der Waals surface area contributed by atoms with Crippen LogP contribution in [-0.4, -0.2) is 32.2 Å². The fourth-order valence-corrected chi connectivity index (χ4v) is 3.68. The first kappa shape index (κ1) is 14.1. The monoisotopic (exact) mass is 305 g/mol. The van der Waals surface area contributed by atoms with Gasteiger partial charge in [-0.2, -0.15) is 0 Å². The van der Waals surface area contributed by atoms with E-state index in [4.69, 9.17) is 0 Å². The molecule has 2 atom stereocenters. The van der Waals surface area contributed by atoms with E-state index in [1.165, 1.54) is 4.88 Å². The molecule has 1 N–H and O–H groups in total. The van der Waals surface area contributed by atoms with Crippen LogP contribution in [0.4, 0.5) is 4.79 Å². The van der Waals surface area contributed by atoms with Gasteiger partial charge in [0.15, 0.2) is 5.82 Å². The van der Waals surface area contributed by atoms with Gasteiger partial charge in [0.2, 0.25) is 0 Å². The predicted octanol–water partition coefficient (Wildman–Crippen LogP) is 2.48. The molecule has 2 aromatic rings. The van der Waals surface area contributed by atoms with Gasteiger partial charge < -0.3 is 14.8 Å². The molecule has 112 valence electrons. The van der Waals surface area contributed by atoms with Gasteiger partial charge in [-0.05, 0) is 31.2 Å². The quantitative estimate of drug-likeness (QED) is 0.947. The van der Waals surface area contributed by atoms with Crippen LogP contribution in [0, 0.1) is 0 Å². The highest BCUT2D eigenvalue weighted by atomic mass is 32.1. The zero-order chi connectivity index (χ0) is 14.8. The highest BCUT2D eigenvalue weighted by Crippen LogP contribution is 2.34. The molecule has 3 rings (SSSR count). The van der Waals surface area contributed by atoms with Crippen LogP contribution in [0.15, 0.2) is 23.8 Å². The van der Waals surface area contributed by atoms with Crippen molar-refractivity contribution in [3.63, 3.8) is 0 Å². The SMILES string of the molecule is C[C@H](NC(=O)N1CCC[C@H]1c1cccs1)c1nncn1C. The van der Waals surface area contributed by atoms with E-state index in [0.29, 0.717) is 0 Å². The lowest BCUT2D eigenvalue weighted by Gasteiger charge is -2.26. The van der Waals surface area contributed by atoms with Crippen molar-refractivity contribution in [3.8, 4) is 0 Å². The molecule has 0 aromatic carbocycles. The minimum absolute atomic E-state index is 0.0265. The van der Waals surface area contributed by atoms with Gasteiger partial charge in [-0.25, -0.2) is 4.79 Å². The molecule has 3 heterocycles. The fraction of sp³-hybridized carbons (Fsp3) is 0.500. The highest BCUT2D eigenvalue weighted by molar-refractivity contribution is 7.10. The Kier molecular flexibility index (Phi) is 3.92. The number of aryl methyl sites for hydroxylation is 1. The molecule has 0 saturated carbocycles. The zero-order valence-corrected chi connectivity index (χ0v) is 13.0. The van der Waals surface area contributed by atoms with Crippen LogP contribution in [0.2, 0.25) is 0 Å². The van der Waals surface area contributed by atoms with Gasteiger partial charge in [0, 0.05) is 18.5 Å². The number of hydrogen-bond acceptors (Lipinski definition) is 4. The molecule has 1 aliphatic rings. The maximum absolute atomic E-state index is 12.5. The lowest BCUT2D eigenvalue weighted by Crippen LogP contribution is -2.41. The number of carbonyl (C=O) groups excluding carboxylic acids is 1. The van der Waals surface area contributed by atoms with E-state index in [2.05, 4.69) is 27.0 Å². The molecule has 1 fully saturated rings. The summed E-state index contributed by atoms with van der Waals surface area (Å²) in [5.74, 6) is 0.759. The van der Waals surface area contributed by atoms with E-state index in [9.17, 15) is 4.79 Å². The van der Waals surface area contributed by atoms with Crippen molar-refractivity contribution < 1.29 is 4.79 Å². The molecule has 2 amide bonds. The summed E-state index contributed by atoms with van der Waals surface area (Å²) >= 11 is 1.71. The number of amides is 2. The number of likely N-dealkylation sites (tertiary alicyclic amines) is 1. The Morgan fingerprint density at radius 1 is 1.57 bits per heavy atom. The number of thiophene rings is 1. The number of hydrogen-bond donors (Lipinski definition) is 1. The third-order valence-electron chi connectivity index (χ3n) is 3.86. The third-order valence-corrected chi connectivity index (χ3v) is 4.83. The predicted molar refractivity (Wildman–Crippen MR) is 80.9 cm³/mol. The van der Waals surface area contributed by atoms with E-state index in [1.807, 2.05) is 29.5 Å². The van der Waals surface area contributed by atoms with E-state index in [0.717, 1.165) is 25.2 Å². The van der Waals surface area contributed by atoms with Crippen LogP contribution in [-0.2, 0) is 7.05 Å². The number of nitrogens with one attached hydrogen (secondary N) is 1. The minimum Gasteiger partial charge on any atom is -0.328 e. The largest absolute Gasteiger partial charge is 0.328 e. The fourth-order valence-electron chi connectivity index (χ4n) is 2.80. The van der Waals surface area contributed by atoms with Crippen LogP contribution >= 0.6 is 11.3 Å². The zero-order valence-electron chi connectivity index (χ0n) is 12.2. The van der Waals surface area contributed by atoms with Gasteiger partial charge in [0.25, 0.3) is 0 Å². The molecule has 1 aliphatic heterocycles. The normalized spacial score (nSPS) is 19.7. The first-order valence-corrected chi connectivity index (χ1v) is 7.99. The number of nitrogens with zero attached hydrogens (tertiary/aromatic N) is 4. The summed E-state index contributed by atoms with van der Waals surface area (Å²) in [5.41, 5.74) is 0.